The lowest BCUT2D eigenvalue weighted by atomic mass is 9.91. The number of aliphatic hydroxyl groups excluding tert-OH is 1. The summed E-state index contributed by atoms with van der Waals surface area (Å²) < 4.78 is 13.2. The Bertz CT molecular complexity index is 1690. The molecule has 0 unspecified atom stereocenters. The molecule has 2 N–H and O–H groups in total. The Morgan fingerprint density at radius 3 is 2.36 bits per heavy atom. The molecule has 0 spiro atoms. The molecule has 1 fully saturated rings. The average Bonchev–Trinajstić information content (AvgIpc) is 3.11. The summed E-state index contributed by atoms with van der Waals surface area (Å²) in [6.45, 7) is 2.53. The molecule has 3 heterocycles. The predicted molar refractivity (Wildman–Crippen MR) is 173 cm³/mol. The lowest BCUT2D eigenvalue weighted by Gasteiger charge is -2.41. The van der Waals surface area contributed by atoms with Crippen LogP contribution in [-0.4, -0.2) is 37.8 Å². The molecule has 6 rings (SSSR count). The Morgan fingerprint density at radius 2 is 1.62 bits per heavy atom. The molecule has 8 nitrogen and oxygen atoms in total. The molecule has 1 amide bonds. The van der Waals surface area contributed by atoms with E-state index in [1.165, 1.54) is 0 Å². The number of ether oxygens (including phenoxy) is 2. The number of hydrogen-bond acceptors (Lipinski definition) is 8. The smallest absolute Gasteiger partial charge is 0.253 e. The molecule has 9 heteroatoms. The quantitative estimate of drug-likeness (QED) is 0.134. The van der Waals surface area contributed by atoms with Gasteiger partial charge in [-0.15, -0.1) is 0 Å². The zero-order valence-electron chi connectivity index (χ0n) is 24.8. The van der Waals surface area contributed by atoms with E-state index in [-0.39, 0.29) is 30.6 Å². The second-order valence-corrected chi connectivity index (χ2v) is 11.9. The van der Waals surface area contributed by atoms with Crippen molar-refractivity contribution in [3.05, 3.63) is 144 Å². The fourth-order valence-corrected chi connectivity index (χ4v) is 6.34. The molecule has 228 valence electrons. The monoisotopic (exact) mass is 618 g/mol. The number of carbonyl (C=O) groups is 1. The molecule has 4 atom stereocenters. The highest BCUT2D eigenvalue weighted by Crippen LogP contribution is 2.43. The molecular formula is C36H34N4O4S. The predicted octanol–water partition coefficient (Wildman–Crippen LogP) is 6.54. The largest absolute Gasteiger partial charge is 0.392 e. The molecular weight excluding hydrogens is 584 g/mol. The zero-order valence-corrected chi connectivity index (χ0v) is 25.6. The van der Waals surface area contributed by atoms with E-state index in [2.05, 4.69) is 45.4 Å². The number of amides is 1. The second-order valence-electron chi connectivity index (χ2n) is 10.9. The van der Waals surface area contributed by atoms with Crippen LogP contribution in [-0.2, 0) is 22.6 Å². The SMILES string of the molecule is C[C@@H]1[C@H](CSc2ncccn2)O[C@H](c2ccc(-c3ccccc3CNC(=O)c3cccnc3)cc2)O[C@@H]1c1ccc(CO)cc1. The molecule has 45 heavy (non-hydrogen) atoms. The number of aromatic nitrogens is 3. The minimum absolute atomic E-state index is 0.00418. The Labute approximate surface area is 266 Å². The number of carbonyl (C=O) groups excluding carboxylic acids is 1. The van der Waals surface area contributed by atoms with Crippen LogP contribution in [0.2, 0.25) is 0 Å². The summed E-state index contributed by atoms with van der Waals surface area (Å²) in [4.78, 5) is 25.4. The van der Waals surface area contributed by atoms with Gasteiger partial charge in [-0.25, -0.2) is 9.97 Å². The molecule has 0 aliphatic carbocycles. The van der Waals surface area contributed by atoms with Crippen LogP contribution < -0.4 is 5.32 Å². The highest BCUT2D eigenvalue weighted by atomic mass is 32.2. The van der Waals surface area contributed by atoms with Crippen LogP contribution in [0.15, 0.2) is 121 Å². The number of thioether (sulfide) groups is 1. The molecule has 1 aliphatic rings. The van der Waals surface area contributed by atoms with Gasteiger partial charge in [-0.2, -0.15) is 0 Å². The minimum atomic E-state index is -0.575. The van der Waals surface area contributed by atoms with E-state index in [0.29, 0.717) is 23.0 Å². The van der Waals surface area contributed by atoms with Gasteiger partial charge in [-0.1, -0.05) is 91.5 Å². The molecule has 0 bridgehead atoms. The van der Waals surface area contributed by atoms with E-state index in [0.717, 1.165) is 33.4 Å². The van der Waals surface area contributed by atoms with Gasteiger partial charge in [-0.3, -0.25) is 9.78 Å². The van der Waals surface area contributed by atoms with Crippen molar-refractivity contribution >= 4 is 17.7 Å². The first-order chi connectivity index (χ1) is 22.1. The lowest BCUT2D eigenvalue weighted by molar-refractivity contribution is -0.268. The fraction of sp³-hybridized carbons (Fsp3) is 0.222. The number of rotatable bonds is 10. The van der Waals surface area contributed by atoms with E-state index in [9.17, 15) is 9.90 Å². The van der Waals surface area contributed by atoms with Crippen LogP contribution in [0.1, 0.15) is 51.9 Å². The Hall–Kier alpha value is -4.41. The maximum atomic E-state index is 12.6. The Morgan fingerprint density at radius 1 is 0.867 bits per heavy atom. The van der Waals surface area contributed by atoms with Crippen molar-refractivity contribution in [3.63, 3.8) is 0 Å². The van der Waals surface area contributed by atoms with Crippen LogP contribution in [0, 0.1) is 5.92 Å². The van der Waals surface area contributed by atoms with Crippen LogP contribution in [0.4, 0.5) is 0 Å². The third-order valence-corrected chi connectivity index (χ3v) is 8.88. The summed E-state index contributed by atoms with van der Waals surface area (Å²) in [5.41, 5.74) is 6.40. The molecule has 0 radical (unpaired) electrons. The standard InChI is InChI=1S/C36H34N4O4S/c1-24-32(23-45-36-38-18-5-19-39-36)43-35(44-33(24)27-11-9-25(22-41)10-12-27)28-15-13-26(14-16-28)31-8-3-2-6-29(31)21-40-34(42)30-7-4-17-37-20-30/h2-20,24,32-33,35,41H,21-23H2,1H3,(H,40,42)/t24-,32+,33+,35+/m1/s1. The number of nitrogens with zero attached hydrogens (tertiary/aromatic N) is 3. The van der Waals surface area contributed by atoms with Gasteiger partial charge in [0.2, 0.25) is 0 Å². The summed E-state index contributed by atoms with van der Waals surface area (Å²) in [6.07, 6.45) is 5.79. The normalized spacial score (nSPS) is 19.6. The van der Waals surface area contributed by atoms with E-state index in [4.69, 9.17) is 9.47 Å². The van der Waals surface area contributed by atoms with E-state index < -0.39 is 6.29 Å². The topological polar surface area (TPSA) is 106 Å². The first-order valence-electron chi connectivity index (χ1n) is 14.9. The molecule has 1 aliphatic heterocycles. The van der Waals surface area contributed by atoms with Gasteiger partial charge in [0.15, 0.2) is 11.4 Å². The minimum Gasteiger partial charge on any atom is -0.392 e. The first kappa shape index (κ1) is 30.6. The van der Waals surface area contributed by atoms with Crippen molar-refractivity contribution in [2.24, 2.45) is 5.92 Å². The van der Waals surface area contributed by atoms with E-state index in [1.54, 1.807) is 54.7 Å². The molecule has 2 aromatic heterocycles. The average molecular weight is 619 g/mol. The van der Waals surface area contributed by atoms with Crippen molar-refractivity contribution < 1.29 is 19.4 Å². The molecule has 0 saturated carbocycles. The summed E-state index contributed by atoms with van der Waals surface area (Å²) in [5.74, 6) is 0.568. The summed E-state index contributed by atoms with van der Waals surface area (Å²) >= 11 is 1.57. The highest BCUT2D eigenvalue weighted by Gasteiger charge is 2.38. The fourth-order valence-electron chi connectivity index (χ4n) is 5.38. The van der Waals surface area contributed by atoms with Crippen LogP contribution in [0.3, 0.4) is 0 Å². The Kier molecular flexibility index (Phi) is 9.92. The number of hydrogen-bond donors (Lipinski definition) is 2. The van der Waals surface area contributed by atoms with E-state index in [1.807, 2.05) is 54.6 Å². The summed E-state index contributed by atoms with van der Waals surface area (Å²) in [6, 6.07) is 29.5. The zero-order chi connectivity index (χ0) is 31.0. The van der Waals surface area contributed by atoms with Crippen LogP contribution in [0.5, 0.6) is 0 Å². The third kappa shape index (κ3) is 7.46. The molecule has 5 aromatic rings. The van der Waals surface area contributed by atoms with Gasteiger partial charge < -0.3 is 19.9 Å². The van der Waals surface area contributed by atoms with Gasteiger partial charge in [0.05, 0.1) is 24.4 Å². The lowest BCUT2D eigenvalue weighted by Crippen LogP contribution is -2.38. The Balaban J connectivity index is 1.21. The van der Waals surface area contributed by atoms with Gasteiger partial charge in [0.1, 0.15) is 0 Å². The van der Waals surface area contributed by atoms with Gasteiger partial charge in [-0.05, 0) is 46.0 Å². The van der Waals surface area contributed by atoms with Gasteiger partial charge in [0, 0.05) is 48.6 Å². The van der Waals surface area contributed by atoms with Crippen molar-refractivity contribution in [3.8, 4) is 11.1 Å². The van der Waals surface area contributed by atoms with Crippen LogP contribution in [0.25, 0.3) is 11.1 Å². The first-order valence-corrected chi connectivity index (χ1v) is 15.8. The number of aliphatic hydroxyl groups is 1. The van der Waals surface area contributed by atoms with E-state index >= 15 is 0 Å². The summed E-state index contributed by atoms with van der Waals surface area (Å²) in [7, 11) is 0. The third-order valence-electron chi connectivity index (χ3n) is 7.92. The maximum absolute atomic E-state index is 12.6. The van der Waals surface area contributed by atoms with Crippen molar-refractivity contribution in [1.29, 1.82) is 0 Å². The van der Waals surface area contributed by atoms with Gasteiger partial charge in [0.25, 0.3) is 5.91 Å². The molecule has 1 saturated heterocycles. The van der Waals surface area contributed by atoms with Crippen molar-refractivity contribution in [2.75, 3.05) is 5.75 Å². The van der Waals surface area contributed by atoms with Crippen LogP contribution >= 0.6 is 11.8 Å². The maximum Gasteiger partial charge on any atom is 0.253 e. The van der Waals surface area contributed by atoms with Crippen molar-refractivity contribution in [1.82, 2.24) is 20.3 Å². The van der Waals surface area contributed by atoms with Gasteiger partial charge >= 0.3 is 0 Å². The number of benzene rings is 3. The summed E-state index contributed by atoms with van der Waals surface area (Å²) in [5, 5.41) is 13.3. The number of pyridine rings is 1. The molecule has 3 aromatic carbocycles. The van der Waals surface area contributed by atoms with Crippen molar-refractivity contribution in [2.45, 2.75) is 43.7 Å². The highest BCUT2D eigenvalue weighted by molar-refractivity contribution is 7.99. The second kappa shape index (κ2) is 14.6. The number of nitrogens with one attached hydrogen (secondary N) is 1.